The molecule has 1 aliphatic heterocycles. The smallest absolute Gasteiger partial charge is 0.223 e. The van der Waals surface area contributed by atoms with Gasteiger partial charge in [0, 0.05) is 37.4 Å². The van der Waals surface area contributed by atoms with Crippen LogP contribution in [-0.2, 0) is 11.3 Å². The molecule has 2 heterocycles. The van der Waals surface area contributed by atoms with Gasteiger partial charge < -0.3 is 15.2 Å². The fraction of sp³-hybridized carbons (Fsp3) is 0.692. The molecule has 5 nitrogen and oxygen atoms in total. The summed E-state index contributed by atoms with van der Waals surface area (Å²) in [6, 6.07) is 0.459. The fourth-order valence-electron chi connectivity index (χ4n) is 2.41. The summed E-state index contributed by atoms with van der Waals surface area (Å²) in [5.41, 5.74) is 0. The van der Waals surface area contributed by atoms with Gasteiger partial charge in [0.2, 0.25) is 5.91 Å². The average Bonchev–Trinajstić information content (AvgIpc) is 2.87. The first-order chi connectivity index (χ1) is 8.75. The van der Waals surface area contributed by atoms with Crippen LogP contribution in [0.1, 0.15) is 26.2 Å². The van der Waals surface area contributed by atoms with Gasteiger partial charge in [-0.15, -0.1) is 0 Å². The SMILES string of the molecule is CC1CC(C(=O)NCCCn2ccnc2)CCN1. The zero-order valence-electron chi connectivity index (χ0n) is 10.9. The van der Waals surface area contributed by atoms with Crippen molar-refractivity contribution >= 4 is 5.91 Å². The topological polar surface area (TPSA) is 59.0 Å². The molecule has 0 aliphatic carbocycles. The number of imidazole rings is 1. The molecule has 5 heteroatoms. The molecule has 0 bridgehead atoms. The van der Waals surface area contributed by atoms with E-state index in [1.807, 2.05) is 10.8 Å². The molecule has 0 spiro atoms. The number of nitrogens with zero attached hydrogens (tertiary/aromatic N) is 2. The maximum atomic E-state index is 11.9. The largest absolute Gasteiger partial charge is 0.356 e. The minimum Gasteiger partial charge on any atom is -0.356 e. The third-order valence-corrected chi connectivity index (χ3v) is 3.45. The normalized spacial score (nSPS) is 23.8. The molecule has 0 radical (unpaired) electrons. The molecule has 18 heavy (non-hydrogen) atoms. The maximum Gasteiger partial charge on any atom is 0.223 e. The van der Waals surface area contributed by atoms with Crippen molar-refractivity contribution in [3.8, 4) is 0 Å². The molecule has 0 saturated carbocycles. The van der Waals surface area contributed by atoms with Crippen molar-refractivity contribution in [1.29, 1.82) is 0 Å². The van der Waals surface area contributed by atoms with Crippen LogP contribution in [0.25, 0.3) is 0 Å². The number of carbonyl (C=O) groups is 1. The molecule has 1 aromatic heterocycles. The second kappa shape index (κ2) is 6.54. The number of amides is 1. The average molecular weight is 250 g/mol. The van der Waals surface area contributed by atoms with E-state index in [0.717, 1.165) is 38.9 Å². The van der Waals surface area contributed by atoms with Crippen molar-refractivity contribution in [2.75, 3.05) is 13.1 Å². The molecular formula is C13H22N4O. The van der Waals surface area contributed by atoms with E-state index in [0.29, 0.717) is 6.04 Å². The van der Waals surface area contributed by atoms with E-state index < -0.39 is 0 Å². The molecular weight excluding hydrogens is 228 g/mol. The van der Waals surface area contributed by atoms with E-state index in [1.165, 1.54) is 0 Å². The summed E-state index contributed by atoms with van der Waals surface area (Å²) in [5, 5.41) is 6.40. The van der Waals surface area contributed by atoms with Gasteiger partial charge in [-0.25, -0.2) is 4.98 Å². The Hall–Kier alpha value is -1.36. The molecule has 100 valence electrons. The Morgan fingerprint density at radius 2 is 2.50 bits per heavy atom. The summed E-state index contributed by atoms with van der Waals surface area (Å²) in [6.45, 7) is 4.74. The van der Waals surface area contributed by atoms with Crippen molar-refractivity contribution in [3.63, 3.8) is 0 Å². The number of nitrogens with one attached hydrogen (secondary N) is 2. The first-order valence-corrected chi connectivity index (χ1v) is 6.72. The monoisotopic (exact) mass is 250 g/mol. The number of aromatic nitrogens is 2. The van der Waals surface area contributed by atoms with Crippen LogP contribution in [0.5, 0.6) is 0 Å². The highest BCUT2D eigenvalue weighted by Crippen LogP contribution is 2.15. The minimum atomic E-state index is 0.189. The summed E-state index contributed by atoms with van der Waals surface area (Å²) in [6.07, 6.45) is 8.37. The Morgan fingerprint density at radius 3 is 3.22 bits per heavy atom. The van der Waals surface area contributed by atoms with Gasteiger partial charge in [-0.2, -0.15) is 0 Å². The van der Waals surface area contributed by atoms with E-state index >= 15 is 0 Å². The Labute approximate surface area is 108 Å². The standard InChI is InChI=1S/C13H22N4O/c1-11-9-12(3-5-15-11)13(18)16-4-2-7-17-8-6-14-10-17/h6,8,10-12,15H,2-5,7,9H2,1H3,(H,16,18). The lowest BCUT2D eigenvalue weighted by molar-refractivity contribution is -0.126. The first-order valence-electron chi connectivity index (χ1n) is 6.72. The Balaban J connectivity index is 1.62. The van der Waals surface area contributed by atoms with Gasteiger partial charge in [-0.1, -0.05) is 0 Å². The summed E-state index contributed by atoms with van der Waals surface area (Å²) in [4.78, 5) is 15.9. The third-order valence-electron chi connectivity index (χ3n) is 3.45. The highest BCUT2D eigenvalue weighted by molar-refractivity contribution is 5.78. The first kappa shape index (κ1) is 13.1. The van der Waals surface area contributed by atoms with Crippen molar-refractivity contribution in [3.05, 3.63) is 18.7 Å². The lowest BCUT2D eigenvalue weighted by atomic mass is 9.92. The molecule has 1 amide bonds. The summed E-state index contributed by atoms with van der Waals surface area (Å²) >= 11 is 0. The summed E-state index contributed by atoms with van der Waals surface area (Å²) in [7, 11) is 0. The van der Waals surface area contributed by atoms with E-state index in [9.17, 15) is 4.79 Å². The van der Waals surface area contributed by atoms with Gasteiger partial charge in [0.05, 0.1) is 6.33 Å². The van der Waals surface area contributed by atoms with Gasteiger partial charge in [0.25, 0.3) is 0 Å². The van der Waals surface area contributed by atoms with Crippen LogP contribution < -0.4 is 10.6 Å². The van der Waals surface area contributed by atoms with Crippen LogP contribution in [0.2, 0.25) is 0 Å². The van der Waals surface area contributed by atoms with Gasteiger partial charge in [-0.05, 0) is 32.7 Å². The Kier molecular flexibility index (Phi) is 4.75. The number of hydrogen-bond donors (Lipinski definition) is 2. The molecule has 1 aliphatic rings. The van der Waals surface area contributed by atoms with Crippen molar-refractivity contribution < 1.29 is 4.79 Å². The molecule has 2 N–H and O–H groups in total. The zero-order valence-corrected chi connectivity index (χ0v) is 10.9. The fourth-order valence-corrected chi connectivity index (χ4v) is 2.41. The van der Waals surface area contributed by atoms with Crippen LogP contribution in [0.3, 0.4) is 0 Å². The number of hydrogen-bond acceptors (Lipinski definition) is 3. The van der Waals surface area contributed by atoms with Gasteiger partial charge in [-0.3, -0.25) is 4.79 Å². The lowest BCUT2D eigenvalue weighted by Crippen LogP contribution is -2.42. The number of aryl methyl sites for hydroxylation is 1. The molecule has 1 saturated heterocycles. The second-order valence-corrected chi connectivity index (χ2v) is 5.02. The zero-order chi connectivity index (χ0) is 12.8. The molecule has 2 atom stereocenters. The third kappa shape index (κ3) is 3.84. The maximum absolute atomic E-state index is 11.9. The van der Waals surface area contributed by atoms with E-state index in [1.54, 1.807) is 12.5 Å². The highest BCUT2D eigenvalue weighted by Gasteiger charge is 2.23. The quantitative estimate of drug-likeness (QED) is 0.759. The Bertz CT molecular complexity index is 363. The number of carbonyl (C=O) groups excluding carboxylic acids is 1. The van der Waals surface area contributed by atoms with E-state index in [-0.39, 0.29) is 11.8 Å². The van der Waals surface area contributed by atoms with E-state index in [4.69, 9.17) is 0 Å². The highest BCUT2D eigenvalue weighted by atomic mass is 16.1. The molecule has 1 fully saturated rings. The van der Waals surface area contributed by atoms with Crippen LogP contribution in [-0.4, -0.2) is 34.6 Å². The van der Waals surface area contributed by atoms with Crippen molar-refractivity contribution in [2.45, 2.75) is 38.8 Å². The summed E-state index contributed by atoms with van der Waals surface area (Å²) in [5.74, 6) is 0.406. The lowest BCUT2D eigenvalue weighted by Gasteiger charge is -2.27. The predicted octanol–water partition coefficient (Wildman–Crippen LogP) is 0.777. The summed E-state index contributed by atoms with van der Waals surface area (Å²) < 4.78 is 2.03. The van der Waals surface area contributed by atoms with E-state index in [2.05, 4.69) is 22.5 Å². The molecule has 1 aromatic rings. The number of piperidine rings is 1. The molecule has 2 unspecified atom stereocenters. The van der Waals surface area contributed by atoms with Gasteiger partial charge >= 0.3 is 0 Å². The van der Waals surface area contributed by atoms with Crippen molar-refractivity contribution in [1.82, 2.24) is 20.2 Å². The van der Waals surface area contributed by atoms with Crippen LogP contribution >= 0.6 is 0 Å². The van der Waals surface area contributed by atoms with Crippen LogP contribution in [0.4, 0.5) is 0 Å². The Morgan fingerprint density at radius 1 is 1.61 bits per heavy atom. The van der Waals surface area contributed by atoms with Crippen LogP contribution in [0.15, 0.2) is 18.7 Å². The van der Waals surface area contributed by atoms with Crippen molar-refractivity contribution in [2.24, 2.45) is 5.92 Å². The minimum absolute atomic E-state index is 0.189. The van der Waals surface area contributed by atoms with Gasteiger partial charge in [0.1, 0.15) is 0 Å². The van der Waals surface area contributed by atoms with Gasteiger partial charge in [0.15, 0.2) is 0 Å². The molecule has 0 aromatic carbocycles. The van der Waals surface area contributed by atoms with Crippen LogP contribution in [0, 0.1) is 5.92 Å². The molecule has 2 rings (SSSR count). The predicted molar refractivity (Wildman–Crippen MR) is 70.0 cm³/mol. The second-order valence-electron chi connectivity index (χ2n) is 5.02. The number of rotatable bonds is 5.